The Labute approximate surface area is 162 Å². The van der Waals surface area contributed by atoms with Crippen LogP contribution in [0.3, 0.4) is 0 Å². The first-order valence-corrected chi connectivity index (χ1v) is 9.67. The maximum atomic E-state index is 14.3. The second kappa shape index (κ2) is 8.00. The Morgan fingerprint density at radius 2 is 2.07 bits per heavy atom. The Balaban J connectivity index is 1.76. The third-order valence-electron chi connectivity index (χ3n) is 4.47. The van der Waals surface area contributed by atoms with Gasteiger partial charge in [0.1, 0.15) is 11.6 Å². The van der Waals surface area contributed by atoms with Crippen LogP contribution in [0, 0.1) is 5.82 Å². The summed E-state index contributed by atoms with van der Waals surface area (Å²) < 4.78 is 19.9. The lowest BCUT2D eigenvalue weighted by atomic mass is 9.89. The van der Waals surface area contributed by atoms with Crippen LogP contribution in [0.5, 0.6) is 5.75 Å². The van der Waals surface area contributed by atoms with E-state index in [2.05, 4.69) is 10.3 Å². The zero-order valence-corrected chi connectivity index (χ0v) is 16.1. The van der Waals surface area contributed by atoms with Crippen molar-refractivity contribution in [3.63, 3.8) is 0 Å². The van der Waals surface area contributed by atoms with Crippen molar-refractivity contribution in [3.8, 4) is 5.75 Å². The van der Waals surface area contributed by atoms with Gasteiger partial charge >= 0.3 is 0 Å². The highest BCUT2D eigenvalue weighted by Gasteiger charge is 2.30. The highest BCUT2D eigenvalue weighted by atomic mass is 32.2. The monoisotopic (exact) mass is 387 g/mol. The number of nitrogens with two attached hydrogens (primary N) is 1. The van der Waals surface area contributed by atoms with Crippen LogP contribution in [0.25, 0.3) is 0 Å². The molecule has 1 amide bonds. The number of thioether (sulfide) groups is 1. The number of para-hydroxylation sites is 1. The molecule has 142 valence electrons. The van der Waals surface area contributed by atoms with Crippen molar-refractivity contribution in [2.45, 2.75) is 31.9 Å². The van der Waals surface area contributed by atoms with E-state index in [1.165, 1.54) is 17.8 Å². The quantitative estimate of drug-likeness (QED) is 0.816. The molecule has 7 heteroatoms. The number of anilines is 1. The molecule has 2 aromatic carbocycles. The summed E-state index contributed by atoms with van der Waals surface area (Å²) in [7, 11) is 0. The minimum Gasteiger partial charge on any atom is -0.481 e. The van der Waals surface area contributed by atoms with E-state index in [1.807, 2.05) is 25.1 Å². The minimum atomic E-state index is -0.772. The van der Waals surface area contributed by atoms with Crippen LogP contribution in [-0.4, -0.2) is 22.9 Å². The van der Waals surface area contributed by atoms with E-state index in [1.54, 1.807) is 31.2 Å². The average molecular weight is 387 g/mol. The highest BCUT2D eigenvalue weighted by molar-refractivity contribution is 8.13. The molecule has 0 aromatic heterocycles. The summed E-state index contributed by atoms with van der Waals surface area (Å²) in [6.07, 6.45) is 0.0102. The summed E-state index contributed by atoms with van der Waals surface area (Å²) >= 11 is 1.51. The van der Waals surface area contributed by atoms with Gasteiger partial charge in [0.05, 0.1) is 11.2 Å². The lowest BCUT2D eigenvalue weighted by molar-refractivity contribution is -0.122. The maximum absolute atomic E-state index is 14.3. The van der Waals surface area contributed by atoms with E-state index in [0.717, 1.165) is 17.7 Å². The van der Waals surface area contributed by atoms with Crippen molar-refractivity contribution in [1.82, 2.24) is 0 Å². The van der Waals surface area contributed by atoms with E-state index < -0.39 is 23.4 Å². The Hall–Kier alpha value is -2.54. The predicted molar refractivity (Wildman–Crippen MR) is 108 cm³/mol. The second-order valence-corrected chi connectivity index (χ2v) is 7.69. The number of amides is 1. The van der Waals surface area contributed by atoms with Crippen LogP contribution in [-0.2, 0) is 10.3 Å². The molecule has 3 rings (SSSR count). The zero-order valence-electron chi connectivity index (χ0n) is 15.2. The van der Waals surface area contributed by atoms with Crippen molar-refractivity contribution in [2.24, 2.45) is 10.7 Å². The number of carbonyl (C=O) groups is 1. The smallest absolute Gasteiger partial charge is 0.265 e. The molecule has 0 bridgehead atoms. The minimum absolute atomic E-state index is 0.106. The van der Waals surface area contributed by atoms with Gasteiger partial charge in [-0.3, -0.25) is 9.79 Å². The lowest BCUT2D eigenvalue weighted by Crippen LogP contribution is -2.31. The number of amidine groups is 1. The van der Waals surface area contributed by atoms with Crippen LogP contribution < -0.4 is 15.8 Å². The van der Waals surface area contributed by atoms with Crippen molar-refractivity contribution >= 4 is 28.5 Å². The topological polar surface area (TPSA) is 76.7 Å². The van der Waals surface area contributed by atoms with Gasteiger partial charge < -0.3 is 15.8 Å². The van der Waals surface area contributed by atoms with E-state index in [0.29, 0.717) is 10.9 Å². The number of aliphatic imine (C=N–C) groups is 1. The summed E-state index contributed by atoms with van der Waals surface area (Å²) in [6, 6.07) is 13.7. The number of nitrogens with one attached hydrogen (secondary N) is 1. The van der Waals surface area contributed by atoms with Gasteiger partial charge in [-0.25, -0.2) is 4.39 Å². The SMILES string of the molecule is CC(Oc1ccccc1)C(=O)Nc1cc(C2(C)CCSC(N)=N2)ccc1F. The fourth-order valence-corrected chi connectivity index (χ4v) is 3.82. The average Bonchev–Trinajstić information content (AvgIpc) is 2.64. The Morgan fingerprint density at radius 3 is 2.78 bits per heavy atom. The summed E-state index contributed by atoms with van der Waals surface area (Å²) in [4.78, 5) is 17.0. The molecule has 0 aliphatic carbocycles. The van der Waals surface area contributed by atoms with Crippen LogP contribution in [0.1, 0.15) is 25.8 Å². The number of benzene rings is 2. The van der Waals surface area contributed by atoms with Crippen molar-refractivity contribution < 1.29 is 13.9 Å². The molecule has 3 N–H and O–H groups in total. The van der Waals surface area contributed by atoms with E-state index in [4.69, 9.17) is 10.5 Å². The standard InChI is InChI=1S/C20H22FN3O2S/c1-13(26-15-6-4-3-5-7-15)18(25)23-17-12-14(8-9-16(17)21)20(2)10-11-27-19(22)24-20/h3-9,12-13H,10-11H2,1-2H3,(H2,22,24)(H,23,25). The molecule has 0 saturated carbocycles. The molecular formula is C20H22FN3O2S. The van der Waals surface area contributed by atoms with Gasteiger partial charge in [0.25, 0.3) is 5.91 Å². The number of ether oxygens (including phenoxy) is 1. The molecule has 0 saturated heterocycles. The molecule has 5 nitrogen and oxygen atoms in total. The van der Waals surface area contributed by atoms with Gasteiger partial charge in [-0.2, -0.15) is 0 Å². The Morgan fingerprint density at radius 1 is 1.33 bits per heavy atom. The largest absolute Gasteiger partial charge is 0.481 e. The normalized spacial score (nSPS) is 20.5. The molecule has 2 unspecified atom stereocenters. The molecule has 0 spiro atoms. The first-order valence-electron chi connectivity index (χ1n) is 8.68. The van der Waals surface area contributed by atoms with Gasteiger partial charge in [-0.1, -0.05) is 36.0 Å². The molecular weight excluding hydrogens is 365 g/mol. The lowest BCUT2D eigenvalue weighted by Gasteiger charge is -2.30. The molecule has 1 aliphatic rings. The molecule has 0 fully saturated rings. The predicted octanol–water partition coefficient (Wildman–Crippen LogP) is 3.90. The van der Waals surface area contributed by atoms with Crippen molar-refractivity contribution in [3.05, 3.63) is 59.9 Å². The van der Waals surface area contributed by atoms with Crippen molar-refractivity contribution in [2.75, 3.05) is 11.1 Å². The highest BCUT2D eigenvalue weighted by Crippen LogP contribution is 2.36. The van der Waals surface area contributed by atoms with Gasteiger partial charge in [0, 0.05) is 5.75 Å². The third-order valence-corrected chi connectivity index (χ3v) is 5.26. The Bertz CT molecular complexity index is 860. The first kappa shape index (κ1) is 19.2. The Kier molecular flexibility index (Phi) is 5.70. The maximum Gasteiger partial charge on any atom is 0.265 e. The van der Waals surface area contributed by atoms with Gasteiger partial charge in [0.2, 0.25) is 0 Å². The molecule has 2 atom stereocenters. The van der Waals surface area contributed by atoms with Crippen LogP contribution in [0.4, 0.5) is 10.1 Å². The number of hydrogen-bond donors (Lipinski definition) is 2. The molecule has 2 aromatic rings. The number of hydrogen-bond acceptors (Lipinski definition) is 5. The van der Waals surface area contributed by atoms with E-state index in [-0.39, 0.29) is 5.69 Å². The van der Waals surface area contributed by atoms with Crippen LogP contribution in [0.15, 0.2) is 53.5 Å². The molecule has 0 radical (unpaired) electrons. The fourth-order valence-electron chi connectivity index (χ4n) is 2.84. The second-order valence-electron chi connectivity index (χ2n) is 6.58. The van der Waals surface area contributed by atoms with Gasteiger partial charge in [-0.05, 0) is 50.1 Å². The zero-order chi connectivity index (χ0) is 19.4. The fraction of sp³-hybridized carbons (Fsp3) is 0.300. The molecule has 1 aliphatic heterocycles. The molecule has 27 heavy (non-hydrogen) atoms. The van der Waals surface area contributed by atoms with Crippen molar-refractivity contribution in [1.29, 1.82) is 0 Å². The van der Waals surface area contributed by atoms with Crippen LogP contribution in [0.2, 0.25) is 0 Å². The van der Waals surface area contributed by atoms with E-state index in [9.17, 15) is 9.18 Å². The number of carbonyl (C=O) groups excluding carboxylic acids is 1. The first-order chi connectivity index (χ1) is 12.9. The molecule has 1 heterocycles. The summed E-state index contributed by atoms with van der Waals surface area (Å²) in [5.74, 6) is 0.478. The summed E-state index contributed by atoms with van der Waals surface area (Å²) in [6.45, 7) is 3.58. The third kappa shape index (κ3) is 4.60. The number of nitrogens with zero attached hydrogens (tertiary/aromatic N) is 1. The number of rotatable bonds is 5. The van der Waals surface area contributed by atoms with Gasteiger partial charge in [0.15, 0.2) is 11.3 Å². The van der Waals surface area contributed by atoms with Gasteiger partial charge in [-0.15, -0.1) is 0 Å². The van der Waals surface area contributed by atoms with E-state index >= 15 is 0 Å². The van der Waals surface area contributed by atoms with Crippen LogP contribution >= 0.6 is 11.8 Å². The summed E-state index contributed by atoms with van der Waals surface area (Å²) in [5.41, 5.74) is 6.24. The summed E-state index contributed by atoms with van der Waals surface area (Å²) in [5, 5.41) is 3.13. The number of halogens is 1.